The Labute approximate surface area is 398 Å². The van der Waals surface area contributed by atoms with Gasteiger partial charge in [0, 0.05) is 57.3 Å². The van der Waals surface area contributed by atoms with Crippen molar-refractivity contribution in [2.24, 2.45) is 28.6 Å². The SMILES string of the molecule is CC(C)C[C@@H](NC(=O)[C@H](CC(=O)[C@@H](Cc1ccccc1)NC(=O)OC(C)(C)C)Cc1ccccc1)C(=O)C[C@H](CCCCNC(=O)OC(C)(C)C)C(=O)N1CCC2(CC1)CC1(CNC(=O)C1)C2. The van der Waals surface area contributed by atoms with Gasteiger partial charge in [-0.3, -0.25) is 24.0 Å². The molecule has 2 aliphatic heterocycles. The van der Waals surface area contributed by atoms with Gasteiger partial charge in [0.1, 0.15) is 11.2 Å². The fraction of sp³-hybridized carbons (Fsp3) is 0.642. The summed E-state index contributed by atoms with van der Waals surface area (Å²) in [7, 11) is 0. The minimum atomic E-state index is -0.985. The van der Waals surface area contributed by atoms with Crippen molar-refractivity contribution in [2.75, 3.05) is 26.2 Å². The Hall–Kier alpha value is -5.27. The van der Waals surface area contributed by atoms with Gasteiger partial charge in [-0.15, -0.1) is 0 Å². The van der Waals surface area contributed by atoms with Crippen molar-refractivity contribution in [1.29, 1.82) is 0 Å². The first kappa shape index (κ1) is 52.7. The number of nitrogens with one attached hydrogen (secondary N) is 4. The van der Waals surface area contributed by atoms with E-state index in [0.29, 0.717) is 51.7 Å². The highest BCUT2D eigenvalue weighted by Crippen LogP contribution is 2.62. The van der Waals surface area contributed by atoms with E-state index in [1.165, 1.54) is 0 Å². The summed E-state index contributed by atoms with van der Waals surface area (Å²) in [5.74, 6) is -2.53. The number of nitrogens with zero attached hydrogens (tertiary/aromatic N) is 1. The third-order valence-corrected chi connectivity index (χ3v) is 13.2. The van der Waals surface area contributed by atoms with E-state index in [4.69, 9.17) is 9.47 Å². The lowest BCUT2D eigenvalue weighted by Crippen LogP contribution is -2.54. The number of piperidine rings is 1. The minimum Gasteiger partial charge on any atom is -0.444 e. The van der Waals surface area contributed by atoms with Crippen molar-refractivity contribution in [2.45, 2.75) is 162 Å². The van der Waals surface area contributed by atoms with Crippen LogP contribution in [0.5, 0.6) is 0 Å². The molecule has 0 unspecified atom stereocenters. The average Bonchev–Trinajstić information content (AvgIpc) is 3.61. The zero-order valence-corrected chi connectivity index (χ0v) is 41.3. The summed E-state index contributed by atoms with van der Waals surface area (Å²) in [6, 6.07) is 16.8. The first-order valence-corrected chi connectivity index (χ1v) is 24.5. The van der Waals surface area contributed by atoms with Crippen LogP contribution in [0.2, 0.25) is 0 Å². The number of carbonyl (C=O) groups is 7. The molecule has 4 N–H and O–H groups in total. The van der Waals surface area contributed by atoms with Crippen LogP contribution < -0.4 is 21.3 Å². The van der Waals surface area contributed by atoms with Crippen LogP contribution >= 0.6 is 0 Å². The molecule has 5 rings (SSSR count). The van der Waals surface area contributed by atoms with E-state index in [9.17, 15) is 33.6 Å². The van der Waals surface area contributed by atoms with Gasteiger partial charge < -0.3 is 35.6 Å². The predicted molar refractivity (Wildman–Crippen MR) is 257 cm³/mol. The summed E-state index contributed by atoms with van der Waals surface area (Å²) in [6.45, 7) is 16.8. The largest absolute Gasteiger partial charge is 0.444 e. The molecule has 14 nitrogen and oxygen atoms in total. The maximum atomic E-state index is 14.6. The molecule has 14 heteroatoms. The lowest BCUT2D eigenvalue weighted by Gasteiger charge is -2.57. The molecule has 2 heterocycles. The number of rotatable bonds is 21. The molecule has 368 valence electrons. The van der Waals surface area contributed by atoms with E-state index in [0.717, 1.165) is 43.4 Å². The second kappa shape index (κ2) is 23.2. The van der Waals surface area contributed by atoms with E-state index >= 15 is 0 Å². The summed E-state index contributed by atoms with van der Waals surface area (Å²) in [4.78, 5) is 97.2. The number of hydrogen-bond donors (Lipinski definition) is 4. The standard InChI is InChI=1S/C53H77N5O9/c1-36(2)27-41(56-46(62)40(28-37-17-11-9-12-18-37)31-44(60)42(29-38-19-13-10-14-20-38)57-49(65)67-51(6,7)8)43(59)30-39(21-15-16-24-54-48(64)66-50(3,4)5)47(63)58-25-22-52(23-26-58)33-53(34-52)32-45(61)55-35-53/h9-14,17-20,36,39-42H,15-16,21-35H2,1-8H3,(H,54,64)(H,55,61)(H,56,62)(H,57,65)/t39-,40-,41+,42+/m0/s1. The van der Waals surface area contributed by atoms with E-state index in [-0.39, 0.29) is 65.8 Å². The van der Waals surface area contributed by atoms with Gasteiger partial charge in [0.2, 0.25) is 17.7 Å². The molecule has 5 amide bonds. The van der Waals surface area contributed by atoms with Crippen LogP contribution in [0.3, 0.4) is 0 Å². The van der Waals surface area contributed by atoms with Crippen LogP contribution in [-0.2, 0) is 46.3 Å². The Morgan fingerprint density at radius 3 is 1.81 bits per heavy atom. The van der Waals surface area contributed by atoms with E-state index in [2.05, 4.69) is 21.3 Å². The Balaban J connectivity index is 1.31. The summed E-state index contributed by atoms with van der Waals surface area (Å²) < 4.78 is 10.9. The summed E-state index contributed by atoms with van der Waals surface area (Å²) in [5, 5.41) is 11.6. The van der Waals surface area contributed by atoms with Crippen molar-refractivity contribution < 1.29 is 43.0 Å². The molecule has 2 spiro atoms. The normalized spacial score (nSPS) is 18.2. The Kier molecular flexibility index (Phi) is 18.2. The maximum Gasteiger partial charge on any atom is 0.408 e. The molecule has 2 aromatic rings. The van der Waals surface area contributed by atoms with Crippen molar-refractivity contribution in [3.63, 3.8) is 0 Å². The van der Waals surface area contributed by atoms with E-state index < -0.39 is 53.2 Å². The van der Waals surface area contributed by atoms with Gasteiger partial charge in [-0.05, 0) is 127 Å². The highest BCUT2D eigenvalue weighted by atomic mass is 16.6. The molecule has 2 saturated heterocycles. The topological polar surface area (TPSA) is 189 Å². The molecule has 1 saturated carbocycles. The lowest BCUT2D eigenvalue weighted by molar-refractivity contribution is -0.144. The fourth-order valence-electron chi connectivity index (χ4n) is 10.2. The maximum absolute atomic E-state index is 14.6. The Bertz CT molecular complexity index is 2010. The molecule has 0 aromatic heterocycles. The number of alkyl carbamates (subject to hydrolysis) is 2. The molecule has 0 bridgehead atoms. The number of likely N-dealkylation sites (tertiary alicyclic amines) is 1. The summed E-state index contributed by atoms with van der Waals surface area (Å²) in [6.07, 6.45) is 5.00. The Morgan fingerprint density at radius 2 is 1.25 bits per heavy atom. The quantitative estimate of drug-likeness (QED) is 0.0912. The van der Waals surface area contributed by atoms with Gasteiger partial charge in [0.15, 0.2) is 11.6 Å². The zero-order chi connectivity index (χ0) is 49.0. The summed E-state index contributed by atoms with van der Waals surface area (Å²) in [5.41, 5.74) is 0.390. The van der Waals surface area contributed by atoms with Crippen molar-refractivity contribution in [3.8, 4) is 0 Å². The van der Waals surface area contributed by atoms with E-state index in [1.54, 1.807) is 41.5 Å². The monoisotopic (exact) mass is 928 g/mol. The van der Waals surface area contributed by atoms with Crippen molar-refractivity contribution in [3.05, 3.63) is 71.8 Å². The number of unbranched alkanes of at least 4 members (excludes halogenated alkanes) is 1. The highest BCUT2D eigenvalue weighted by molar-refractivity contribution is 5.95. The third kappa shape index (κ3) is 16.8. The molecule has 1 aliphatic carbocycles. The van der Waals surface area contributed by atoms with Crippen LogP contribution in [-0.4, -0.2) is 95.8 Å². The van der Waals surface area contributed by atoms with Gasteiger partial charge in [0.25, 0.3) is 0 Å². The first-order chi connectivity index (χ1) is 31.5. The molecule has 67 heavy (non-hydrogen) atoms. The molecule has 2 aromatic carbocycles. The van der Waals surface area contributed by atoms with Crippen LogP contribution in [0.15, 0.2) is 60.7 Å². The smallest absolute Gasteiger partial charge is 0.408 e. The lowest BCUT2D eigenvalue weighted by atomic mass is 9.49. The average molecular weight is 928 g/mol. The molecule has 4 atom stereocenters. The second-order valence-electron chi connectivity index (χ2n) is 22.1. The highest BCUT2D eigenvalue weighted by Gasteiger charge is 2.57. The van der Waals surface area contributed by atoms with Gasteiger partial charge >= 0.3 is 12.2 Å². The molecular weight excluding hydrogens is 851 g/mol. The number of ether oxygens (including phenoxy) is 2. The molecule has 3 aliphatic rings. The van der Waals surface area contributed by atoms with Crippen molar-refractivity contribution >= 4 is 41.5 Å². The number of ketones is 2. The zero-order valence-electron chi connectivity index (χ0n) is 41.3. The fourth-order valence-corrected chi connectivity index (χ4v) is 10.2. The molecular formula is C53H77N5O9. The Morgan fingerprint density at radius 1 is 0.701 bits per heavy atom. The molecule has 3 fully saturated rings. The number of carbonyl (C=O) groups excluding carboxylic acids is 7. The van der Waals surface area contributed by atoms with Crippen LogP contribution in [0.1, 0.15) is 137 Å². The minimum absolute atomic E-state index is 0.0132. The van der Waals surface area contributed by atoms with Gasteiger partial charge in [0.05, 0.1) is 12.1 Å². The second-order valence-corrected chi connectivity index (χ2v) is 22.1. The van der Waals surface area contributed by atoms with Gasteiger partial charge in [-0.2, -0.15) is 0 Å². The first-order valence-electron chi connectivity index (χ1n) is 24.5. The van der Waals surface area contributed by atoms with Crippen LogP contribution in [0, 0.1) is 28.6 Å². The molecule has 0 radical (unpaired) electrons. The summed E-state index contributed by atoms with van der Waals surface area (Å²) >= 11 is 0. The number of Topliss-reactive ketones (excluding diaryl/α,β-unsaturated/α-hetero) is 2. The van der Waals surface area contributed by atoms with Crippen molar-refractivity contribution in [1.82, 2.24) is 26.2 Å². The van der Waals surface area contributed by atoms with E-state index in [1.807, 2.05) is 79.4 Å². The number of amides is 5. The number of benzene rings is 2. The van der Waals surface area contributed by atoms with Gasteiger partial charge in [-0.25, -0.2) is 9.59 Å². The van der Waals surface area contributed by atoms with Gasteiger partial charge in [-0.1, -0.05) is 80.9 Å². The third-order valence-electron chi connectivity index (χ3n) is 13.2. The number of hydrogen-bond acceptors (Lipinski definition) is 9. The predicted octanol–water partition coefficient (Wildman–Crippen LogP) is 7.65. The van der Waals surface area contributed by atoms with Crippen LogP contribution in [0.4, 0.5) is 9.59 Å². The van der Waals surface area contributed by atoms with Crippen LogP contribution in [0.25, 0.3) is 0 Å².